The molecule has 4 aromatic rings. The molecule has 2 heterocycles. The molecular weight excluding hydrogens is 576 g/mol. The summed E-state index contributed by atoms with van der Waals surface area (Å²) < 4.78 is 7.03. The summed E-state index contributed by atoms with van der Waals surface area (Å²) in [6, 6.07) is 16.2. The van der Waals surface area contributed by atoms with Gasteiger partial charge in [0.05, 0.1) is 17.9 Å². The monoisotopic (exact) mass is 606 g/mol. The van der Waals surface area contributed by atoms with Gasteiger partial charge in [-0.1, -0.05) is 42.1 Å². The predicted octanol–water partition coefficient (Wildman–Crippen LogP) is 5.45. The highest BCUT2D eigenvalue weighted by atomic mass is 32.2. The molecule has 0 aliphatic rings. The number of carbonyl (C=O) groups excluding carboxylic acids is 4. The average molecular weight is 607 g/mol. The maximum absolute atomic E-state index is 13.3. The largest absolute Gasteiger partial charge is 0.462 e. The fourth-order valence-electron chi connectivity index (χ4n) is 4.11. The average Bonchev–Trinajstić information content (AvgIpc) is 3.52. The lowest BCUT2D eigenvalue weighted by Gasteiger charge is -2.10. The van der Waals surface area contributed by atoms with E-state index in [0.29, 0.717) is 34.5 Å². The van der Waals surface area contributed by atoms with E-state index in [9.17, 15) is 19.2 Å². The molecule has 0 aliphatic heterocycles. The molecule has 0 fully saturated rings. The van der Waals surface area contributed by atoms with Crippen LogP contribution in [-0.2, 0) is 20.9 Å². The van der Waals surface area contributed by atoms with Crippen molar-refractivity contribution in [3.8, 4) is 11.4 Å². The Morgan fingerprint density at radius 3 is 2.38 bits per heavy atom. The Kier molecular flexibility index (Phi) is 10.1. The number of anilines is 3. The van der Waals surface area contributed by atoms with Crippen molar-refractivity contribution in [3.63, 3.8) is 0 Å². The highest BCUT2D eigenvalue weighted by molar-refractivity contribution is 7.99. The first-order chi connectivity index (χ1) is 20.2. The minimum atomic E-state index is -0.560. The molecule has 218 valence electrons. The number of nitrogens with zero attached hydrogens (tertiary/aromatic N) is 3. The van der Waals surface area contributed by atoms with Crippen LogP contribution in [0.1, 0.15) is 46.4 Å². The molecule has 4 rings (SSSR count). The molecule has 0 bridgehead atoms. The lowest BCUT2D eigenvalue weighted by atomic mass is 10.1. The highest BCUT2D eigenvalue weighted by Gasteiger charge is 2.27. The Labute approximate surface area is 251 Å². The van der Waals surface area contributed by atoms with Gasteiger partial charge in [-0.3, -0.25) is 14.4 Å². The predicted molar refractivity (Wildman–Crippen MR) is 164 cm³/mol. The fourth-order valence-corrected chi connectivity index (χ4v) is 6.02. The number of nitrogens with one attached hydrogen (secondary N) is 3. The summed E-state index contributed by atoms with van der Waals surface area (Å²) in [7, 11) is 0. The van der Waals surface area contributed by atoms with Gasteiger partial charge in [0.25, 0.3) is 5.91 Å². The third kappa shape index (κ3) is 7.22. The number of amides is 3. The number of benzene rings is 2. The van der Waals surface area contributed by atoms with Crippen molar-refractivity contribution in [2.24, 2.45) is 0 Å². The number of ether oxygens (including phenoxy) is 1. The van der Waals surface area contributed by atoms with Crippen LogP contribution in [0.25, 0.3) is 11.4 Å². The molecule has 2 aromatic carbocycles. The van der Waals surface area contributed by atoms with E-state index < -0.39 is 11.9 Å². The zero-order chi connectivity index (χ0) is 30.2. The number of carbonyl (C=O) groups is 4. The number of thiophene rings is 1. The first-order valence-electron chi connectivity index (χ1n) is 13.1. The molecule has 2 aromatic heterocycles. The third-order valence-electron chi connectivity index (χ3n) is 5.93. The van der Waals surface area contributed by atoms with Crippen LogP contribution >= 0.6 is 23.1 Å². The molecule has 3 amide bonds. The van der Waals surface area contributed by atoms with Gasteiger partial charge in [0, 0.05) is 30.4 Å². The van der Waals surface area contributed by atoms with Crippen molar-refractivity contribution in [3.05, 3.63) is 70.6 Å². The molecule has 0 spiro atoms. The van der Waals surface area contributed by atoms with E-state index >= 15 is 0 Å². The number of rotatable bonds is 11. The van der Waals surface area contributed by atoms with E-state index in [1.807, 2.05) is 29.7 Å². The summed E-state index contributed by atoms with van der Waals surface area (Å²) in [5.41, 5.74) is 2.60. The maximum Gasteiger partial charge on any atom is 0.348 e. The molecule has 3 N–H and O–H groups in total. The van der Waals surface area contributed by atoms with Gasteiger partial charge in [0.2, 0.25) is 11.8 Å². The van der Waals surface area contributed by atoms with E-state index in [-0.39, 0.29) is 39.6 Å². The van der Waals surface area contributed by atoms with Gasteiger partial charge in [-0.2, -0.15) is 0 Å². The summed E-state index contributed by atoms with van der Waals surface area (Å²) >= 11 is 2.19. The van der Waals surface area contributed by atoms with Gasteiger partial charge >= 0.3 is 5.97 Å². The molecule has 0 saturated carbocycles. The van der Waals surface area contributed by atoms with E-state index in [4.69, 9.17) is 4.74 Å². The van der Waals surface area contributed by atoms with Gasteiger partial charge in [0.15, 0.2) is 11.0 Å². The van der Waals surface area contributed by atoms with Crippen molar-refractivity contribution in [2.75, 3.05) is 28.3 Å². The highest BCUT2D eigenvalue weighted by Crippen LogP contribution is 2.35. The van der Waals surface area contributed by atoms with Crippen LogP contribution in [0.15, 0.2) is 59.8 Å². The zero-order valence-corrected chi connectivity index (χ0v) is 25.1. The number of hydrogen-bond acceptors (Lipinski definition) is 9. The quantitative estimate of drug-likeness (QED) is 0.151. The first kappa shape index (κ1) is 30.5. The molecule has 0 saturated heterocycles. The van der Waals surface area contributed by atoms with E-state index in [0.717, 1.165) is 16.9 Å². The summed E-state index contributed by atoms with van der Waals surface area (Å²) in [6.07, 6.45) is 0. The van der Waals surface area contributed by atoms with E-state index in [1.54, 1.807) is 50.2 Å². The lowest BCUT2D eigenvalue weighted by Crippen LogP contribution is -2.19. The van der Waals surface area contributed by atoms with Gasteiger partial charge in [-0.05, 0) is 50.6 Å². The molecule has 11 nitrogen and oxygen atoms in total. The van der Waals surface area contributed by atoms with E-state index in [2.05, 4.69) is 26.1 Å². The van der Waals surface area contributed by atoms with Crippen molar-refractivity contribution >= 4 is 63.2 Å². The van der Waals surface area contributed by atoms with Crippen LogP contribution in [0.4, 0.5) is 16.4 Å². The second kappa shape index (κ2) is 13.9. The SMILES string of the molecule is CCOC(=O)c1sc(NC(=O)CSc2nnc(-c3cccc(NC(C)=O)c3)n2CC)c(C(=O)Nc2ccccc2)c1C. The standard InChI is InChI=1S/C29H30N6O5S2/c1-5-35-25(19-11-10-14-21(15-19)30-18(4)36)33-34-29(35)41-16-22(37)32-27-23(17(3)24(42-27)28(39)40-6-2)26(38)31-20-12-8-7-9-13-20/h7-15H,5-6,16H2,1-4H3,(H,30,36)(H,31,38)(H,32,37). The Bertz CT molecular complexity index is 1620. The van der Waals surface area contributed by atoms with Gasteiger partial charge in [-0.25, -0.2) is 4.79 Å². The van der Waals surface area contributed by atoms with Gasteiger partial charge in [-0.15, -0.1) is 21.5 Å². The molecule has 0 radical (unpaired) electrons. The minimum Gasteiger partial charge on any atom is -0.462 e. The Balaban J connectivity index is 1.52. The smallest absolute Gasteiger partial charge is 0.348 e. The first-order valence-corrected chi connectivity index (χ1v) is 14.9. The number of esters is 1. The number of aromatic nitrogens is 3. The minimum absolute atomic E-state index is 0.0184. The van der Waals surface area contributed by atoms with E-state index in [1.165, 1.54) is 18.7 Å². The van der Waals surface area contributed by atoms with Crippen LogP contribution in [-0.4, -0.2) is 50.8 Å². The normalized spacial score (nSPS) is 10.7. The van der Waals surface area contributed by atoms with Crippen LogP contribution in [0.5, 0.6) is 0 Å². The lowest BCUT2D eigenvalue weighted by molar-refractivity contribution is -0.114. The molecule has 0 atom stereocenters. The number of thioether (sulfide) groups is 1. The Hall–Kier alpha value is -4.49. The van der Waals surface area contributed by atoms with Crippen molar-refractivity contribution in [2.45, 2.75) is 39.4 Å². The Morgan fingerprint density at radius 2 is 1.69 bits per heavy atom. The van der Waals surface area contributed by atoms with Crippen molar-refractivity contribution in [1.82, 2.24) is 14.8 Å². The van der Waals surface area contributed by atoms with Crippen LogP contribution in [0, 0.1) is 6.92 Å². The molecule has 42 heavy (non-hydrogen) atoms. The summed E-state index contributed by atoms with van der Waals surface area (Å²) in [5, 5.41) is 17.7. The molecular formula is C29H30N6O5S2. The number of hydrogen-bond donors (Lipinski definition) is 3. The van der Waals surface area contributed by atoms with Crippen LogP contribution < -0.4 is 16.0 Å². The molecule has 0 aliphatic carbocycles. The van der Waals surface area contributed by atoms with Crippen molar-refractivity contribution in [1.29, 1.82) is 0 Å². The van der Waals surface area contributed by atoms with Crippen LogP contribution in [0.2, 0.25) is 0 Å². The van der Waals surface area contributed by atoms with Gasteiger partial charge < -0.3 is 25.3 Å². The number of para-hydroxylation sites is 1. The summed E-state index contributed by atoms with van der Waals surface area (Å²) in [6.45, 7) is 7.46. The fraction of sp³-hybridized carbons (Fsp3) is 0.241. The van der Waals surface area contributed by atoms with Crippen molar-refractivity contribution < 1.29 is 23.9 Å². The van der Waals surface area contributed by atoms with Gasteiger partial charge in [0.1, 0.15) is 9.88 Å². The second-order valence-electron chi connectivity index (χ2n) is 8.95. The molecule has 13 heteroatoms. The summed E-state index contributed by atoms with van der Waals surface area (Å²) in [5.74, 6) is -0.997. The third-order valence-corrected chi connectivity index (χ3v) is 8.08. The topological polar surface area (TPSA) is 144 Å². The molecule has 0 unspecified atom stereocenters. The second-order valence-corrected chi connectivity index (χ2v) is 10.9. The van der Waals surface area contributed by atoms with Crippen LogP contribution in [0.3, 0.4) is 0 Å². The summed E-state index contributed by atoms with van der Waals surface area (Å²) in [4.78, 5) is 50.6. The Morgan fingerprint density at radius 1 is 0.952 bits per heavy atom. The zero-order valence-electron chi connectivity index (χ0n) is 23.5. The maximum atomic E-state index is 13.3.